The molecule has 0 radical (unpaired) electrons. The van der Waals surface area contributed by atoms with E-state index in [9.17, 15) is 4.79 Å². The zero-order valence-corrected chi connectivity index (χ0v) is 13.3. The molecule has 0 heterocycles. The fourth-order valence-corrected chi connectivity index (χ4v) is 2.09. The number of carbonyl (C=O) groups is 1. The lowest BCUT2D eigenvalue weighted by Crippen LogP contribution is -2.36. The Bertz CT molecular complexity index is 684. The summed E-state index contributed by atoms with van der Waals surface area (Å²) in [6.45, 7) is 3.92. The Balaban J connectivity index is 1.95. The number of hydrazine groups is 1. The summed E-state index contributed by atoms with van der Waals surface area (Å²) in [5.74, 6) is 1.15. The minimum atomic E-state index is -0.148. The maximum Gasteiger partial charge on any atom is 0.242 e. The molecule has 2 N–H and O–H groups in total. The summed E-state index contributed by atoms with van der Waals surface area (Å²) in [6.07, 6.45) is 0.293. The molecular formula is C18H20N2O3. The molecule has 0 aliphatic heterocycles. The average molecular weight is 312 g/mol. The fraction of sp³-hybridized carbons (Fsp3) is 0.167. The van der Waals surface area contributed by atoms with Crippen LogP contribution in [0.15, 0.2) is 55.1 Å². The molecule has 0 fully saturated rings. The van der Waals surface area contributed by atoms with Gasteiger partial charge in [-0.05, 0) is 17.7 Å². The van der Waals surface area contributed by atoms with Gasteiger partial charge in [0.2, 0.25) is 5.91 Å². The van der Waals surface area contributed by atoms with Crippen molar-refractivity contribution in [1.82, 2.24) is 10.9 Å². The van der Waals surface area contributed by atoms with E-state index < -0.39 is 0 Å². The van der Waals surface area contributed by atoms with Crippen LogP contribution in [0.1, 0.15) is 11.1 Å². The van der Waals surface area contributed by atoms with E-state index in [2.05, 4.69) is 17.4 Å². The first kappa shape index (κ1) is 16.4. The Kier molecular flexibility index (Phi) is 5.63. The first-order valence-corrected chi connectivity index (χ1v) is 7.14. The third-order valence-electron chi connectivity index (χ3n) is 3.29. The van der Waals surface area contributed by atoms with E-state index in [4.69, 9.17) is 9.47 Å². The van der Waals surface area contributed by atoms with Gasteiger partial charge in [-0.3, -0.25) is 15.6 Å². The van der Waals surface area contributed by atoms with E-state index >= 15 is 0 Å². The summed E-state index contributed by atoms with van der Waals surface area (Å²) in [5, 5.41) is 0. The van der Waals surface area contributed by atoms with Crippen LogP contribution in [-0.2, 0) is 11.2 Å². The Morgan fingerprint density at radius 1 is 1.04 bits per heavy atom. The second-order valence-electron chi connectivity index (χ2n) is 4.88. The number of ether oxygens (including phenoxy) is 2. The van der Waals surface area contributed by atoms with Gasteiger partial charge in [0.05, 0.1) is 26.3 Å². The van der Waals surface area contributed by atoms with Crippen LogP contribution in [-0.4, -0.2) is 20.1 Å². The Morgan fingerprint density at radius 2 is 1.78 bits per heavy atom. The van der Waals surface area contributed by atoms with Gasteiger partial charge in [0, 0.05) is 11.6 Å². The van der Waals surface area contributed by atoms with Gasteiger partial charge in [-0.15, -0.1) is 0 Å². The quantitative estimate of drug-likeness (QED) is 0.771. The van der Waals surface area contributed by atoms with E-state index in [-0.39, 0.29) is 5.91 Å². The normalized spacial score (nSPS) is 9.83. The molecular weight excluding hydrogens is 292 g/mol. The van der Waals surface area contributed by atoms with Crippen molar-refractivity contribution >= 4 is 11.6 Å². The van der Waals surface area contributed by atoms with E-state index in [1.165, 1.54) is 0 Å². The van der Waals surface area contributed by atoms with Crippen molar-refractivity contribution in [3.05, 3.63) is 66.2 Å². The highest BCUT2D eigenvalue weighted by molar-refractivity contribution is 5.80. The van der Waals surface area contributed by atoms with Crippen molar-refractivity contribution in [3.63, 3.8) is 0 Å². The molecule has 0 bridgehead atoms. The van der Waals surface area contributed by atoms with Gasteiger partial charge in [0.25, 0.3) is 0 Å². The van der Waals surface area contributed by atoms with E-state index in [0.29, 0.717) is 23.6 Å². The van der Waals surface area contributed by atoms with Crippen LogP contribution in [0.2, 0.25) is 0 Å². The first-order chi connectivity index (χ1) is 11.1. The Hall–Kier alpha value is -2.95. The molecule has 0 saturated carbocycles. The minimum Gasteiger partial charge on any atom is -0.497 e. The molecule has 0 unspecified atom stereocenters. The highest BCUT2D eigenvalue weighted by Crippen LogP contribution is 2.27. The fourth-order valence-electron chi connectivity index (χ4n) is 2.09. The van der Waals surface area contributed by atoms with E-state index in [1.807, 2.05) is 36.4 Å². The van der Waals surface area contributed by atoms with Crippen molar-refractivity contribution in [2.75, 3.05) is 14.2 Å². The summed E-state index contributed by atoms with van der Waals surface area (Å²) in [4.78, 5) is 11.9. The molecule has 23 heavy (non-hydrogen) atoms. The third kappa shape index (κ3) is 4.51. The number of hydrogen-bond donors (Lipinski definition) is 2. The SMILES string of the molecule is C=C(NNC(=O)Cc1ccccc1)c1ccc(OC)cc1OC. The summed E-state index contributed by atoms with van der Waals surface area (Å²) in [5.41, 5.74) is 7.67. The smallest absolute Gasteiger partial charge is 0.242 e. The molecule has 0 atom stereocenters. The number of carbonyl (C=O) groups excluding carboxylic acids is 1. The molecule has 0 aliphatic rings. The van der Waals surface area contributed by atoms with Gasteiger partial charge in [-0.25, -0.2) is 0 Å². The molecule has 5 heteroatoms. The zero-order chi connectivity index (χ0) is 16.7. The van der Waals surface area contributed by atoms with Gasteiger partial charge in [-0.2, -0.15) is 0 Å². The van der Waals surface area contributed by atoms with E-state index in [0.717, 1.165) is 11.1 Å². The predicted molar refractivity (Wildman–Crippen MR) is 90.0 cm³/mol. The standard InChI is InChI=1S/C18H20N2O3/c1-13(16-10-9-15(22-2)12-17(16)23-3)19-20-18(21)11-14-7-5-4-6-8-14/h4-10,12,19H,1,11H2,2-3H3,(H,20,21). The number of hydrogen-bond acceptors (Lipinski definition) is 4. The van der Waals surface area contributed by atoms with Gasteiger partial charge in [0.15, 0.2) is 0 Å². The van der Waals surface area contributed by atoms with Gasteiger partial charge in [0.1, 0.15) is 11.5 Å². The molecule has 5 nitrogen and oxygen atoms in total. The van der Waals surface area contributed by atoms with Crippen LogP contribution >= 0.6 is 0 Å². The van der Waals surface area contributed by atoms with Crippen LogP contribution in [0.4, 0.5) is 0 Å². The van der Waals surface area contributed by atoms with Crippen molar-refractivity contribution in [2.45, 2.75) is 6.42 Å². The maximum atomic E-state index is 11.9. The highest BCUT2D eigenvalue weighted by Gasteiger charge is 2.09. The predicted octanol–water partition coefficient (Wildman–Crippen LogP) is 2.54. The second-order valence-corrected chi connectivity index (χ2v) is 4.88. The number of nitrogens with one attached hydrogen (secondary N) is 2. The van der Waals surface area contributed by atoms with Gasteiger partial charge >= 0.3 is 0 Å². The van der Waals surface area contributed by atoms with Crippen LogP contribution in [0.3, 0.4) is 0 Å². The summed E-state index contributed by atoms with van der Waals surface area (Å²) < 4.78 is 10.5. The number of benzene rings is 2. The molecule has 0 saturated heterocycles. The second kappa shape index (κ2) is 7.89. The van der Waals surface area contributed by atoms with Crippen molar-refractivity contribution in [2.24, 2.45) is 0 Å². The Morgan fingerprint density at radius 3 is 2.43 bits per heavy atom. The highest BCUT2D eigenvalue weighted by atomic mass is 16.5. The van der Waals surface area contributed by atoms with Gasteiger partial charge in [-0.1, -0.05) is 36.9 Å². The third-order valence-corrected chi connectivity index (χ3v) is 3.29. The molecule has 120 valence electrons. The summed E-state index contributed by atoms with van der Waals surface area (Å²) >= 11 is 0. The van der Waals surface area contributed by atoms with Crippen molar-refractivity contribution in [3.8, 4) is 11.5 Å². The average Bonchev–Trinajstić information content (AvgIpc) is 2.60. The monoisotopic (exact) mass is 312 g/mol. The van der Waals surface area contributed by atoms with Crippen LogP contribution < -0.4 is 20.3 Å². The number of amides is 1. The van der Waals surface area contributed by atoms with Crippen molar-refractivity contribution < 1.29 is 14.3 Å². The van der Waals surface area contributed by atoms with Crippen molar-refractivity contribution in [1.29, 1.82) is 0 Å². The first-order valence-electron chi connectivity index (χ1n) is 7.14. The molecule has 2 aromatic rings. The minimum absolute atomic E-state index is 0.148. The lowest BCUT2D eigenvalue weighted by atomic mass is 10.1. The molecule has 1 amide bonds. The van der Waals surface area contributed by atoms with Crippen LogP contribution in [0.25, 0.3) is 5.70 Å². The molecule has 2 rings (SSSR count). The van der Waals surface area contributed by atoms with Crippen LogP contribution in [0, 0.1) is 0 Å². The molecule has 0 aliphatic carbocycles. The van der Waals surface area contributed by atoms with Crippen LogP contribution in [0.5, 0.6) is 11.5 Å². The maximum absolute atomic E-state index is 11.9. The summed E-state index contributed by atoms with van der Waals surface area (Å²) in [7, 11) is 3.16. The molecule has 2 aromatic carbocycles. The zero-order valence-electron chi connectivity index (χ0n) is 13.3. The van der Waals surface area contributed by atoms with E-state index in [1.54, 1.807) is 26.4 Å². The Labute approximate surface area is 135 Å². The summed E-state index contributed by atoms with van der Waals surface area (Å²) in [6, 6.07) is 14.9. The number of methoxy groups -OCH3 is 2. The lowest BCUT2D eigenvalue weighted by Gasteiger charge is -2.15. The molecule has 0 aromatic heterocycles. The lowest BCUT2D eigenvalue weighted by molar-refractivity contribution is -0.121. The number of rotatable bonds is 7. The van der Waals surface area contributed by atoms with Gasteiger partial charge < -0.3 is 9.47 Å². The largest absolute Gasteiger partial charge is 0.497 e. The topological polar surface area (TPSA) is 59.6 Å². The molecule has 0 spiro atoms.